The number of aliphatic hydroxyl groups excluding tert-OH is 1. The van der Waals surface area contributed by atoms with Gasteiger partial charge in [-0.1, -0.05) is 130 Å². The summed E-state index contributed by atoms with van der Waals surface area (Å²) in [7, 11) is 0. The minimum Gasteiger partial charge on any atom is -0.512 e. The number of ketones is 1. The molecule has 269 valence electrons. The summed E-state index contributed by atoms with van der Waals surface area (Å²) in [5.74, 6) is 0.547. The van der Waals surface area contributed by atoms with Crippen molar-refractivity contribution in [1.82, 2.24) is 4.98 Å². The molecule has 5 heteroatoms. The Morgan fingerprint density at radius 1 is 0.840 bits per heavy atom. The van der Waals surface area contributed by atoms with E-state index >= 15 is 0 Å². The normalized spacial score (nSPS) is 14.2. The van der Waals surface area contributed by atoms with Gasteiger partial charge in [-0.25, -0.2) is 0 Å². The van der Waals surface area contributed by atoms with Gasteiger partial charge >= 0.3 is 0 Å². The Morgan fingerprint density at radius 2 is 1.42 bits per heavy atom. The standard InChI is InChI=1S/C32H32NO.C13H24O2.Ir/c1-30(2,3)22-14-13-21-25-26-27(33-17-24(31(4,5)6)29(26)34-28(22)25)20-15-18-11-9-10-12-19(18)16-23(20)32(21,7)8;1-5-10(6-2)12(14)9-13(15)11(7-3)8-4;/h9-14,16-17H,1-8H3;9-11,14H,5-8H2,1-4H3;/q-1;;/b;12-9-;. The van der Waals surface area contributed by atoms with Gasteiger partial charge in [0.2, 0.25) is 0 Å². The number of rotatable bonds is 7. The van der Waals surface area contributed by atoms with Gasteiger partial charge in [-0.15, -0.1) is 23.6 Å². The van der Waals surface area contributed by atoms with Crippen LogP contribution in [-0.4, -0.2) is 15.9 Å². The Kier molecular flexibility index (Phi) is 11.7. The summed E-state index contributed by atoms with van der Waals surface area (Å²) in [6, 6.07) is 19.2. The van der Waals surface area contributed by atoms with E-state index in [0.717, 1.165) is 64.4 Å². The second kappa shape index (κ2) is 14.8. The maximum Gasteiger partial charge on any atom is 0.162 e. The van der Waals surface area contributed by atoms with Crippen molar-refractivity contribution in [3.05, 3.63) is 88.8 Å². The minimum atomic E-state index is -0.232. The van der Waals surface area contributed by atoms with Gasteiger partial charge in [0.15, 0.2) is 5.78 Å². The molecule has 2 aromatic heterocycles. The summed E-state index contributed by atoms with van der Waals surface area (Å²) in [6.07, 6.45) is 6.94. The van der Waals surface area contributed by atoms with Gasteiger partial charge < -0.3 is 9.52 Å². The van der Waals surface area contributed by atoms with Crippen molar-refractivity contribution in [2.75, 3.05) is 0 Å². The van der Waals surface area contributed by atoms with Gasteiger partial charge in [0.25, 0.3) is 0 Å². The molecule has 6 rings (SSSR count). The number of pyridine rings is 1. The van der Waals surface area contributed by atoms with E-state index in [2.05, 4.69) is 104 Å². The quantitative estimate of drug-likeness (QED) is 0.101. The van der Waals surface area contributed by atoms with Crippen molar-refractivity contribution in [3.63, 3.8) is 0 Å². The van der Waals surface area contributed by atoms with E-state index in [1.807, 2.05) is 33.9 Å². The van der Waals surface area contributed by atoms with E-state index in [1.165, 1.54) is 33.5 Å². The molecule has 0 saturated heterocycles. The number of fused-ring (bicyclic) bond motifs is 3. The molecule has 0 fully saturated rings. The molecule has 0 spiro atoms. The SMILES string of the molecule is CC(C)(C)c1ccc2c3c1oc1c(C(C)(C)C)cnc(c13)-c1[c-]c3ccccc3cc1C2(C)C.CCC(CC)C(=O)/C=C(\O)C(CC)CC.[Ir]. The number of hydrogen-bond acceptors (Lipinski definition) is 4. The molecule has 0 amide bonds. The Balaban J connectivity index is 0.000000301. The third-order valence-corrected chi connectivity index (χ3v) is 10.7. The van der Waals surface area contributed by atoms with Crippen LogP contribution in [0.15, 0.2) is 64.9 Å². The second-order valence-electron chi connectivity index (χ2n) is 16.5. The molecule has 4 nitrogen and oxygen atoms in total. The average molecular weight is 851 g/mol. The molecular weight excluding hydrogens is 795 g/mol. The van der Waals surface area contributed by atoms with Crippen LogP contribution in [0.2, 0.25) is 0 Å². The Bertz CT molecular complexity index is 2040. The van der Waals surface area contributed by atoms with Crippen molar-refractivity contribution in [2.45, 2.75) is 125 Å². The van der Waals surface area contributed by atoms with Crippen LogP contribution >= 0.6 is 0 Å². The zero-order valence-corrected chi connectivity index (χ0v) is 34.6. The molecular formula is C45H56IrNO3-. The molecule has 3 aromatic carbocycles. The van der Waals surface area contributed by atoms with E-state index in [9.17, 15) is 9.90 Å². The van der Waals surface area contributed by atoms with Crippen molar-refractivity contribution in [1.29, 1.82) is 0 Å². The Labute approximate surface area is 313 Å². The van der Waals surface area contributed by atoms with E-state index in [1.54, 1.807) is 0 Å². The molecule has 2 heterocycles. The summed E-state index contributed by atoms with van der Waals surface area (Å²) >= 11 is 0. The molecule has 1 aliphatic rings. The summed E-state index contributed by atoms with van der Waals surface area (Å²) in [6.45, 7) is 26.2. The maximum atomic E-state index is 11.7. The van der Waals surface area contributed by atoms with Crippen molar-refractivity contribution in [2.24, 2.45) is 11.8 Å². The van der Waals surface area contributed by atoms with Crippen LogP contribution in [0.1, 0.15) is 131 Å². The molecule has 50 heavy (non-hydrogen) atoms. The van der Waals surface area contributed by atoms with Gasteiger partial charge in [-0.2, -0.15) is 0 Å². The van der Waals surface area contributed by atoms with E-state index in [4.69, 9.17) is 9.40 Å². The third-order valence-electron chi connectivity index (χ3n) is 10.7. The number of furan rings is 1. The first kappa shape index (κ1) is 39.5. The van der Waals surface area contributed by atoms with Gasteiger partial charge in [-0.05, 0) is 47.5 Å². The number of carbonyl (C=O) groups excluding carboxylic acids is 1. The van der Waals surface area contributed by atoms with Crippen molar-refractivity contribution < 1.29 is 34.4 Å². The molecule has 0 unspecified atom stereocenters. The molecule has 0 saturated carbocycles. The number of benzene rings is 3. The molecule has 1 aliphatic carbocycles. The summed E-state index contributed by atoms with van der Waals surface area (Å²) < 4.78 is 6.87. The van der Waals surface area contributed by atoms with E-state index in [-0.39, 0.29) is 59.7 Å². The fourth-order valence-corrected chi connectivity index (χ4v) is 7.48. The van der Waals surface area contributed by atoms with Crippen LogP contribution in [0.4, 0.5) is 0 Å². The maximum absolute atomic E-state index is 11.7. The smallest absolute Gasteiger partial charge is 0.162 e. The molecule has 1 radical (unpaired) electrons. The number of carbonyl (C=O) groups is 1. The zero-order valence-electron chi connectivity index (χ0n) is 32.2. The number of hydrogen-bond donors (Lipinski definition) is 1. The topological polar surface area (TPSA) is 63.3 Å². The van der Waals surface area contributed by atoms with Gasteiger partial charge in [-0.3, -0.25) is 9.78 Å². The number of aliphatic hydroxyl groups is 1. The van der Waals surface area contributed by atoms with Gasteiger partial charge in [0.1, 0.15) is 11.2 Å². The first-order valence-corrected chi connectivity index (χ1v) is 18.3. The monoisotopic (exact) mass is 851 g/mol. The van der Waals surface area contributed by atoms with Crippen LogP contribution in [0.3, 0.4) is 0 Å². The zero-order chi connectivity index (χ0) is 36.1. The predicted octanol–water partition coefficient (Wildman–Crippen LogP) is 12.7. The van der Waals surface area contributed by atoms with Crippen LogP contribution in [0.5, 0.6) is 0 Å². The molecule has 0 bridgehead atoms. The number of allylic oxidation sites excluding steroid dienone is 2. The van der Waals surface area contributed by atoms with Crippen molar-refractivity contribution in [3.8, 4) is 11.3 Å². The fraction of sp³-hybridized carbons (Fsp3) is 0.467. The van der Waals surface area contributed by atoms with Crippen molar-refractivity contribution >= 4 is 38.5 Å². The third kappa shape index (κ3) is 7.10. The Hall–Kier alpha value is -3.27. The molecule has 0 atom stereocenters. The first-order valence-electron chi connectivity index (χ1n) is 18.3. The van der Waals surface area contributed by atoms with Crippen LogP contribution < -0.4 is 0 Å². The average Bonchev–Trinajstić information content (AvgIpc) is 3.40. The van der Waals surface area contributed by atoms with E-state index in [0.29, 0.717) is 0 Å². The molecule has 0 aliphatic heterocycles. The fourth-order valence-electron chi connectivity index (χ4n) is 7.48. The van der Waals surface area contributed by atoms with E-state index < -0.39 is 0 Å². The summed E-state index contributed by atoms with van der Waals surface area (Å²) in [4.78, 5) is 16.8. The summed E-state index contributed by atoms with van der Waals surface area (Å²) in [5.41, 5.74) is 8.65. The molecule has 1 N–H and O–H groups in total. The predicted molar refractivity (Wildman–Crippen MR) is 207 cm³/mol. The van der Waals surface area contributed by atoms with Crippen LogP contribution in [0.25, 0.3) is 44.0 Å². The van der Waals surface area contributed by atoms with Gasteiger partial charge in [0, 0.05) is 71.8 Å². The minimum absolute atomic E-state index is 0. The molecule has 5 aromatic rings. The number of aromatic nitrogens is 1. The van der Waals surface area contributed by atoms with Gasteiger partial charge in [0.05, 0.1) is 5.76 Å². The largest absolute Gasteiger partial charge is 0.512 e. The Morgan fingerprint density at radius 3 is 2.00 bits per heavy atom. The number of nitrogens with zero attached hydrogens (tertiary/aromatic N) is 1. The van der Waals surface area contributed by atoms with Crippen LogP contribution in [-0.2, 0) is 41.1 Å². The van der Waals surface area contributed by atoms with Crippen LogP contribution in [0, 0.1) is 17.9 Å². The second-order valence-corrected chi connectivity index (χ2v) is 16.5. The summed E-state index contributed by atoms with van der Waals surface area (Å²) in [5, 5.41) is 14.4. The first-order chi connectivity index (χ1) is 23.0.